The molecule has 2 aromatic rings. The molecule has 0 bridgehead atoms. The molecule has 0 spiro atoms. The number of benzene rings is 2. The van der Waals surface area contributed by atoms with Gasteiger partial charge in [0.1, 0.15) is 5.75 Å². The summed E-state index contributed by atoms with van der Waals surface area (Å²) < 4.78 is 0. The number of hydrogen-bond acceptors (Lipinski definition) is 3. The molecule has 2 saturated carbocycles. The fraction of sp³-hybridized carbons (Fsp3) is 0.567. The lowest BCUT2D eigenvalue weighted by Crippen LogP contribution is -2.57. The molecule has 1 saturated heterocycles. The first kappa shape index (κ1) is 23.4. The van der Waals surface area contributed by atoms with Crippen LogP contribution in [0.5, 0.6) is 5.75 Å². The lowest BCUT2D eigenvalue weighted by molar-refractivity contribution is 0.00989. The van der Waals surface area contributed by atoms with Gasteiger partial charge in [0, 0.05) is 36.7 Å². The third-order valence-corrected chi connectivity index (χ3v) is 8.50. The summed E-state index contributed by atoms with van der Waals surface area (Å²) in [5.41, 5.74) is 2.08. The summed E-state index contributed by atoms with van der Waals surface area (Å²) in [6, 6.07) is 18.0. The highest BCUT2D eigenvalue weighted by atomic mass is 16.3. The molecule has 34 heavy (non-hydrogen) atoms. The Hall–Kier alpha value is -2.33. The van der Waals surface area contributed by atoms with Gasteiger partial charge in [0.25, 0.3) is 5.91 Å². The molecule has 4 nitrogen and oxygen atoms in total. The number of phenols is 1. The summed E-state index contributed by atoms with van der Waals surface area (Å²) in [6.45, 7) is 8.72. The number of hydrogen-bond donors (Lipinski definition) is 1. The maximum absolute atomic E-state index is 13.7. The van der Waals surface area contributed by atoms with Gasteiger partial charge in [0.2, 0.25) is 0 Å². The number of fused-ring (bicyclic) bond motifs is 1. The van der Waals surface area contributed by atoms with E-state index < -0.39 is 0 Å². The van der Waals surface area contributed by atoms with Crippen LogP contribution in [0.4, 0.5) is 0 Å². The van der Waals surface area contributed by atoms with Crippen LogP contribution in [0.2, 0.25) is 0 Å². The van der Waals surface area contributed by atoms with Crippen LogP contribution in [-0.2, 0) is 5.41 Å². The minimum Gasteiger partial charge on any atom is -0.508 e. The van der Waals surface area contributed by atoms with E-state index in [9.17, 15) is 9.90 Å². The summed E-state index contributed by atoms with van der Waals surface area (Å²) in [7, 11) is 0. The van der Waals surface area contributed by atoms with Crippen molar-refractivity contribution in [2.24, 2.45) is 17.8 Å². The molecule has 2 aliphatic carbocycles. The predicted molar refractivity (Wildman–Crippen MR) is 137 cm³/mol. The lowest BCUT2D eigenvalue weighted by atomic mass is 9.57. The topological polar surface area (TPSA) is 43.8 Å². The van der Waals surface area contributed by atoms with E-state index in [-0.39, 0.29) is 17.4 Å². The van der Waals surface area contributed by atoms with E-state index in [1.807, 2.05) is 42.5 Å². The monoisotopic (exact) mass is 460 g/mol. The number of aromatic hydroxyl groups is 1. The fourth-order valence-corrected chi connectivity index (χ4v) is 6.64. The molecule has 3 aliphatic rings. The van der Waals surface area contributed by atoms with Crippen molar-refractivity contribution < 1.29 is 9.90 Å². The van der Waals surface area contributed by atoms with Crippen LogP contribution in [-0.4, -0.2) is 53.0 Å². The largest absolute Gasteiger partial charge is 0.508 e. The van der Waals surface area contributed by atoms with Gasteiger partial charge in [0.05, 0.1) is 0 Å². The summed E-state index contributed by atoms with van der Waals surface area (Å²) in [4.78, 5) is 18.6. The average Bonchev–Trinajstić information content (AvgIpc) is 3.66. The van der Waals surface area contributed by atoms with E-state index >= 15 is 0 Å². The zero-order valence-electron chi connectivity index (χ0n) is 20.8. The van der Waals surface area contributed by atoms with Gasteiger partial charge in [-0.2, -0.15) is 0 Å². The van der Waals surface area contributed by atoms with E-state index in [0.717, 1.165) is 56.8 Å². The minimum atomic E-state index is 0.0217. The molecule has 2 aromatic carbocycles. The number of piperidine rings is 1. The quantitative estimate of drug-likeness (QED) is 0.575. The second kappa shape index (κ2) is 9.73. The lowest BCUT2D eigenvalue weighted by Gasteiger charge is -2.54. The number of phenolic OH excluding ortho intramolecular Hbond substituents is 1. The average molecular weight is 461 g/mol. The van der Waals surface area contributed by atoms with Gasteiger partial charge < -0.3 is 14.9 Å². The van der Waals surface area contributed by atoms with Crippen molar-refractivity contribution in [3.8, 4) is 5.75 Å². The molecule has 3 fully saturated rings. The smallest absolute Gasteiger partial charge is 0.254 e. The Balaban J connectivity index is 1.45. The molecule has 0 radical (unpaired) electrons. The van der Waals surface area contributed by atoms with Gasteiger partial charge >= 0.3 is 0 Å². The summed E-state index contributed by atoms with van der Waals surface area (Å²) in [5.74, 6) is 2.42. The molecule has 1 aliphatic heterocycles. The Bertz CT molecular complexity index is 986. The zero-order chi connectivity index (χ0) is 23.7. The van der Waals surface area contributed by atoms with Crippen LogP contribution in [0.25, 0.3) is 0 Å². The van der Waals surface area contributed by atoms with E-state index in [0.29, 0.717) is 17.6 Å². The predicted octanol–water partition coefficient (Wildman–Crippen LogP) is 5.71. The normalized spacial score (nSPS) is 27.4. The van der Waals surface area contributed by atoms with Gasteiger partial charge in [-0.05, 0) is 92.7 Å². The van der Waals surface area contributed by atoms with Crippen molar-refractivity contribution in [3.05, 3.63) is 65.7 Å². The van der Waals surface area contributed by atoms with Crippen LogP contribution in [0.1, 0.15) is 68.3 Å². The van der Waals surface area contributed by atoms with Crippen molar-refractivity contribution in [2.45, 2.75) is 63.8 Å². The first-order valence-electron chi connectivity index (χ1n) is 13.3. The van der Waals surface area contributed by atoms with Gasteiger partial charge in [-0.25, -0.2) is 0 Å². The Morgan fingerprint density at radius 2 is 1.88 bits per heavy atom. The third-order valence-electron chi connectivity index (χ3n) is 8.50. The van der Waals surface area contributed by atoms with Crippen molar-refractivity contribution in [3.63, 3.8) is 0 Å². The van der Waals surface area contributed by atoms with Crippen molar-refractivity contribution in [2.75, 3.05) is 26.2 Å². The molecule has 2 unspecified atom stereocenters. The highest BCUT2D eigenvalue weighted by Gasteiger charge is 2.50. The highest BCUT2D eigenvalue weighted by Crippen LogP contribution is 2.51. The molecule has 4 heteroatoms. The minimum absolute atomic E-state index is 0.0217. The van der Waals surface area contributed by atoms with Gasteiger partial charge in [-0.1, -0.05) is 44.2 Å². The molecule has 0 aromatic heterocycles. The van der Waals surface area contributed by atoms with Gasteiger partial charge in [0.15, 0.2) is 0 Å². The fourth-order valence-electron chi connectivity index (χ4n) is 6.64. The van der Waals surface area contributed by atoms with Gasteiger partial charge in [-0.15, -0.1) is 0 Å². The Morgan fingerprint density at radius 1 is 1.09 bits per heavy atom. The highest BCUT2D eigenvalue weighted by molar-refractivity contribution is 5.94. The van der Waals surface area contributed by atoms with E-state index in [1.165, 1.54) is 24.9 Å². The molecule has 1 heterocycles. The maximum atomic E-state index is 13.7. The molecule has 1 amide bonds. The van der Waals surface area contributed by atoms with Crippen LogP contribution < -0.4 is 0 Å². The number of nitrogens with zero attached hydrogens (tertiary/aromatic N) is 2. The van der Waals surface area contributed by atoms with Crippen LogP contribution >= 0.6 is 0 Å². The van der Waals surface area contributed by atoms with Crippen molar-refractivity contribution in [1.82, 2.24) is 9.80 Å². The van der Waals surface area contributed by atoms with E-state index in [2.05, 4.69) is 29.7 Å². The molecular formula is C30H40N2O2. The van der Waals surface area contributed by atoms with Crippen LogP contribution in [0.3, 0.4) is 0 Å². The Kier molecular flexibility index (Phi) is 6.70. The second-order valence-corrected chi connectivity index (χ2v) is 11.5. The molecule has 182 valence electrons. The Morgan fingerprint density at radius 3 is 2.59 bits per heavy atom. The number of carbonyl (C=O) groups excluding carboxylic acids is 1. The summed E-state index contributed by atoms with van der Waals surface area (Å²) in [5, 5.41) is 10.4. The molecule has 1 N–H and O–H groups in total. The second-order valence-electron chi connectivity index (χ2n) is 11.5. The van der Waals surface area contributed by atoms with E-state index in [4.69, 9.17) is 0 Å². The van der Waals surface area contributed by atoms with Crippen molar-refractivity contribution in [1.29, 1.82) is 0 Å². The zero-order valence-corrected chi connectivity index (χ0v) is 20.8. The van der Waals surface area contributed by atoms with Crippen molar-refractivity contribution >= 4 is 5.91 Å². The number of amides is 1. The number of carbonyl (C=O) groups is 1. The maximum Gasteiger partial charge on any atom is 0.254 e. The summed E-state index contributed by atoms with van der Waals surface area (Å²) >= 11 is 0. The Labute approximate surface area is 205 Å². The summed E-state index contributed by atoms with van der Waals surface area (Å²) in [6.07, 6.45) is 7.09. The van der Waals surface area contributed by atoms with Crippen LogP contribution in [0, 0.1) is 17.8 Å². The first-order valence-corrected chi connectivity index (χ1v) is 13.3. The molecule has 5 rings (SSSR count). The number of rotatable bonds is 7. The van der Waals surface area contributed by atoms with E-state index in [1.54, 1.807) is 6.07 Å². The molecular weight excluding hydrogens is 420 g/mol. The number of likely N-dealkylation sites (tertiary alicyclic amines) is 1. The third kappa shape index (κ3) is 4.88. The standard InChI is InChI=1S/C30H40N2O2/c1-22(2)19-32(29(34)24-7-4-3-5-8-24)27-14-13-26-21-31(20-23-11-12-23)16-15-30(26,18-27)25-9-6-10-28(33)17-25/h3-10,17,22-23,26-27,33H,11-16,18-21H2,1-2H3/t26?,27-,30?/m1/s1. The van der Waals surface area contributed by atoms with Gasteiger partial charge in [-0.3, -0.25) is 4.79 Å². The molecule has 3 atom stereocenters. The van der Waals surface area contributed by atoms with Crippen LogP contribution in [0.15, 0.2) is 54.6 Å². The first-order chi connectivity index (χ1) is 16.4. The SMILES string of the molecule is CC(C)CN(C(=O)c1ccccc1)[C@@H]1CCC2CN(CC3CC3)CCC2(c2cccc(O)c2)C1.